The summed E-state index contributed by atoms with van der Waals surface area (Å²) in [4.78, 5) is 25.2. The van der Waals surface area contributed by atoms with E-state index in [4.69, 9.17) is 0 Å². The molecule has 0 aromatic rings. The maximum absolute atomic E-state index is 12.6. The monoisotopic (exact) mass is 232 g/mol. The summed E-state index contributed by atoms with van der Waals surface area (Å²) in [5.41, 5.74) is 6.86. The van der Waals surface area contributed by atoms with Crippen LogP contribution in [0.3, 0.4) is 0 Å². The summed E-state index contributed by atoms with van der Waals surface area (Å²) in [6.07, 6.45) is 9.44. The smallest absolute Gasteiger partial charge is 0.195 e. The molecule has 0 saturated heterocycles. The predicted molar refractivity (Wildman–Crippen MR) is 65.6 cm³/mol. The molecule has 5 aliphatic rings. The highest BCUT2D eigenvalue weighted by Gasteiger charge is 2.47. The number of allylic oxidation sites excluding steroid dienone is 12. The van der Waals surface area contributed by atoms with Crippen LogP contribution >= 0.6 is 0 Å². The Morgan fingerprint density at radius 1 is 0.556 bits per heavy atom. The highest BCUT2D eigenvalue weighted by molar-refractivity contribution is 6.34. The minimum atomic E-state index is 0.0725. The SMILES string of the molecule is O=C1C2=C(C(=O)C3=C1C1=CC=C3C1)C1=CC=C2C1. The van der Waals surface area contributed by atoms with Crippen molar-refractivity contribution in [2.75, 3.05) is 0 Å². The number of fused-ring (bicyclic) bond motifs is 8. The van der Waals surface area contributed by atoms with E-state index < -0.39 is 0 Å². The number of hydrogen-bond acceptors (Lipinski definition) is 2. The molecule has 2 nitrogen and oxygen atoms in total. The molecule has 18 heavy (non-hydrogen) atoms. The molecule has 2 heteroatoms. The van der Waals surface area contributed by atoms with Gasteiger partial charge in [0.25, 0.3) is 0 Å². The number of hydrogen-bond donors (Lipinski definition) is 0. The molecule has 0 saturated carbocycles. The van der Waals surface area contributed by atoms with E-state index in [-0.39, 0.29) is 11.6 Å². The van der Waals surface area contributed by atoms with Crippen molar-refractivity contribution < 1.29 is 9.59 Å². The Morgan fingerprint density at radius 2 is 0.833 bits per heavy atom. The number of rotatable bonds is 0. The van der Waals surface area contributed by atoms with Gasteiger partial charge in [-0.3, -0.25) is 9.59 Å². The molecular weight excluding hydrogens is 224 g/mol. The zero-order chi connectivity index (χ0) is 12.0. The molecule has 4 bridgehead atoms. The van der Waals surface area contributed by atoms with Crippen LogP contribution in [0.25, 0.3) is 0 Å². The predicted octanol–water partition coefficient (Wildman–Crippen LogP) is 2.27. The van der Waals surface area contributed by atoms with Crippen molar-refractivity contribution in [3.63, 3.8) is 0 Å². The van der Waals surface area contributed by atoms with Crippen molar-refractivity contribution in [3.8, 4) is 0 Å². The van der Waals surface area contributed by atoms with E-state index >= 15 is 0 Å². The van der Waals surface area contributed by atoms with Crippen LogP contribution in [0.15, 0.2) is 68.9 Å². The zero-order valence-electron chi connectivity index (χ0n) is 9.54. The van der Waals surface area contributed by atoms with Crippen LogP contribution in [0.4, 0.5) is 0 Å². The van der Waals surface area contributed by atoms with E-state index in [1.165, 1.54) is 0 Å². The lowest BCUT2D eigenvalue weighted by molar-refractivity contribution is -0.115. The highest BCUT2D eigenvalue weighted by Crippen LogP contribution is 2.52. The average Bonchev–Trinajstić information content (AvgIpc) is 3.10. The molecule has 5 aliphatic carbocycles. The summed E-state index contributed by atoms with van der Waals surface area (Å²) in [6, 6.07) is 0. The van der Waals surface area contributed by atoms with Crippen molar-refractivity contribution in [2.24, 2.45) is 0 Å². The van der Waals surface area contributed by atoms with Crippen molar-refractivity contribution in [1.82, 2.24) is 0 Å². The minimum Gasteiger partial charge on any atom is -0.289 e. The van der Waals surface area contributed by atoms with Crippen LogP contribution in [-0.2, 0) is 9.59 Å². The summed E-state index contributed by atoms with van der Waals surface area (Å²) in [6.45, 7) is 0. The van der Waals surface area contributed by atoms with Crippen molar-refractivity contribution in [2.45, 2.75) is 12.8 Å². The first kappa shape index (κ1) is 8.81. The van der Waals surface area contributed by atoms with Gasteiger partial charge in [-0.15, -0.1) is 0 Å². The topological polar surface area (TPSA) is 34.1 Å². The molecule has 0 fully saturated rings. The first-order valence-electron chi connectivity index (χ1n) is 6.14. The quantitative estimate of drug-likeness (QED) is 0.600. The number of carbonyl (C=O) groups is 2. The maximum atomic E-state index is 12.6. The van der Waals surface area contributed by atoms with Crippen molar-refractivity contribution in [1.29, 1.82) is 0 Å². The first-order chi connectivity index (χ1) is 8.75. The lowest BCUT2D eigenvalue weighted by Gasteiger charge is -2.19. The Labute approximate surface area is 103 Å². The average molecular weight is 232 g/mol. The molecule has 84 valence electrons. The first-order valence-corrected chi connectivity index (χ1v) is 6.14. The summed E-state index contributed by atoms with van der Waals surface area (Å²) in [5.74, 6) is 0.145. The fourth-order valence-electron chi connectivity index (χ4n) is 3.66. The molecule has 0 aromatic carbocycles. The molecule has 0 radical (unpaired) electrons. The van der Waals surface area contributed by atoms with Crippen LogP contribution in [0.5, 0.6) is 0 Å². The molecule has 0 amide bonds. The van der Waals surface area contributed by atoms with Gasteiger partial charge in [-0.2, -0.15) is 0 Å². The Bertz CT molecular complexity index is 661. The van der Waals surface area contributed by atoms with Gasteiger partial charge in [0.2, 0.25) is 0 Å². The van der Waals surface area contributed by atoms with Gasteiger partial charge in [0, 0.05) is 22.3 Å². The maximum Gasteiger partial charge on any atom is 0.195 e. The van der Waals surface area contributed by atoms with Crippen LogP contribution in [0.1, 0.15) is 12.8 Å². The third kappa shape index (κ3) is 0.723. The molecule has 0 aliphatic heterocycles. The summed E-state index contributed by atoms with van der Waals surface area (Å²) in [5, 5.41) is 0. The van der Waals surface area contributed by atoms with Gasteiger partial charge in [-0.25, -0.2) is 0 Å². The van der Waals surface area contributed by atoms with E-state index in [1.54, 1.807) is 0 Å². The van der Waals surface area contributed by atoms with Gasteiger partial charge >= 0.3 is 0 Å². The number of Topliss-reactive ketones (excluding diaryl/α,β-unsaturated/α-hetero) is 2. The summed E-state index contributed by atoms with van der Waals surface area (Å²) >= 11 is 0. The highest BCUT2D eigenvalue weighted by atomic mass is 16.1. The number of carbonyl (C=O) groups excluding carboxylic acids is 2. The van der Waals surface area contributed by atoms with Gasteiger partial charge in [0.15, 0.2) is 11.6 Å². The lowest BCUT2D eigenvalue weighted by atomic mass is 9.81. The van der Waals surface area contributed by atoms with Crippen LogP contribution < -0.4 is 0 Å². The Morgan fingerprint density at radius 3 is 1.11 bits per heavy atom. The van der Waals surface area contributed by atoms with E-state index in [9.17, 15) is 9.59 Å². The van der Waals surface area contributed by atoms with Crippen molar-refractivity contribution in [3.05, 3.63) is 68.9 Å². The van der Waals surface area contributed by atoms with Gasteiger partial charge in [-0.1, -0.05) is 24.3 Å². The van der Waals surface area contributed by atoms with Gasteiger partial charge in [0.05, 0.1) is 0 Å². The second-order valence-electron chi connectivity index (χ2n) is 5.28. The van der Waals surface area contributed by atoms with E-state index in [1.807, 2.05) is 24.3 Å². The molecule has 0 spiro atoms. The van der Waals surface area contributed by atoms with Crippen LogP contribution in [-0.4, -0.2) is 11.6 Å². The normalized spacial score (nSPS) is 26.4. The molecule has 0 N–H and O–H groups in total. The molecule has 0 atom stereocenters. The number of ketones is 2. The molecule has 0 heterocycles. The molecule has 0 aromatic heterocycles. The van der Waals surface area contributed by atoms with Crippen molar-refractivity contribution >= 4 is 11.6 Å². The molecule has 5 rings (SSSR count). The third-order valence-electron chi connectivity index (χ3n) is 4.43. The van der Waals surface area contributed by atoms with E-state index in [0.717, 1.165) is 35.1 Å². The minimum absolute atomic E-state index is 0.0725. The Hall–Kier alpha value is -2.22. The van der Waals surface area contributed by atoms with E-state index in [2.05, 4.69) is 0 Å². The van der Waals surface area contributed by atoms with Gasteiger partial charge in [-0.05, 0) is 35.1 Å². The standard InChI is InChI=1S/C16H8O2/c17-15-11-7-1-2-8(5-7)12(11)16(18)14-10-4-3-9(6-10)13(14)15/h1-4H,5-6H2. The Kier molecular flexibility index (Phi) is 1.20. The summed E-state index contributed by atoms with van der Waals surface area (Å²) < 4.78 is 0. The zero-order valence-corrected chi connectivity index (χ0v) is 9.54. The second-order valence-corrected chi connectivity index (χ2v) is 5.28. The van der Waals surface area contributed by atoms with E-state index in [0.29, 0.717) is 22.3 Å². The molecule has 0 unspecified atom stereocenters. The summed E-state index contributed by atoms with van der Waals surface area (Å²) in [7, 11) is 0. The van der Waals surface area contributed by atoms with Crippen LogP contribution in [0.2, 0.25) is 0 Å². The van der Waals surface area contributed by atoms with Gasteiger partial charge in [0.1, 0.15) is 0 Å². The fourth-order valence-corrected chi connectivity index (χ4v) is 3.66. The van der Waals surface area contributed by atoms with Gasteiger partial charge < -0.3 is 0 Å². The third-order valence-corrected chi connectivity index (χ3v) is 4.43. The molecular formula is C16H8O2. The largest absolute Gasteiger partial charge is 0.289 e. The Balaban J connectivity index is 1.84. The lowest BCUT2D eigenvalue weighted by Crippen LogP contribution is -2.22. The van der Waals surface area contributed by atoms with Crippen LogP contribution in [0, 0.1) is 0 Å². The second kappa shape index (κ2) is 2.46. The fraction of sp³-hybridized carbons (Fsp3) is 0.125.